The fourth-order valence-electron chi connectivity index (χ4n) is 8.61. The zero-order valence-electron chi connectivity index (χ0n) is 41.1. The molecule has 4 aliphatic rings. The molecule has 10 N–H and O–H groups in total. The van der Waals surface area contributed by atoms with Crippen LogP contribution < -0.4 is 44.0 Å². The first-order chi connectivity index (χ1) is 36.0. The number of urea groups is 1. The summed E-state index contributed by atoms with van der Waals surface area (Å²) in [6.07, 6.45) is -5.03. The predicted octanol–water partition coefficient (Wildman–Crippen LogP) is -0.228. The van der Waals surface area contributed by atoms with Crippen molar-refractivity contribution in [2.75, 3.05) is 44.3 Å². The summed E-state index contributed by atoms with van der Waals surface area (Å²) in [5.74, 6) is -4.36. The molecule has 34 heteroatoms. The summed E-state index contributed by atoms with van der Waals surface area (Å²) in [6, 6.07) is -2.29. The lowest BCUT2D eigenvalue weighted by molar-refractivity contribution is -0.137. The number of primary amides is 1. The van der Waals surface area contributed by atoms with E-state index in [-0.39, 0.29) is 68.1 Å². The Bertz CT molecular complexity index is 2890. The molecule has 4 aliphatic heterocycles. The van der Waals surface area contributed by atoms with Crippen LogP contribution in [0.2, 0.25) is 0 Å². The van der Waals surface area contributed by atoms with Gasteiger partial charge in [-0.2, -0.15) is 0 Å². The Morgan fingerprint density at radius 1 is 0.908 bits per heavy atom. The number of carbonyl (C=O) groups excluding carboxylic acids is 6. The first kappa shape index (κ1) is 57.7. The Kier molecular flexibility index (Phi) is 19.0. The second-order valence-corrected chi connectivity index (χ2v) is 23.8. The fourth-order valence-corrected chi connectivity index (χ4v) is 13.0. The van der Waals surface area contributed by atoms with E-state index in [2.05, 4.69) is 36.2 Å². The van der Waals surface area contributed by atoms with E-state index in [4.69, 9.17) is 39.0 Å². The van der Waals surface area contributed by atoms with Crippen molar-refractivity contribution in [2.24, 2.45) is 17.6 Å². The molecule has 3 saturated heterocycles. The summed E-state index contributed by atoms with van der Waals surface area (Å²) < 4.78 is 82.4. The molecule has 3 aromatic rings. The highest BCUT2D eigenvalue weighted by atomic mass is 32.7. The number of unbranched alkanes of at least 4 members (excludes halogenated alkanes) is 1. The number of rotatable bonds is 20. The normalized spacial score (nSPS) is 28.5. The van der Waals surface area contributed by atoms with Crippen LogP contribution >= 0.6 is 26.0 Å². The average molecular weight is 1130 g/mol. The zero-order chi connectivity index (χ0) is 55.1. The first-order valence-electron chi connectivity index (χ1n) is 23.9. The quantitative estimate of drug-likeness (QED) is 0.0411. The number of carbonyl (C=O) groups is 6. The Hall–Kier alpha value is -5.95. The Morgan fingerprint density at radius 2 is 1.62 bits per heavy atom. The van der Waals surface area contributed by atoms with Crippen molar-refractivity contribution in [1.29, 1.82) is 0 Å². The summed E-state index contributed by atoms with van der Waals surface area (Å²) in [6.45, 7) is -1.54. The van der Waals surface area contributed by atoms with E-state index in [9.17, 15) is 52.4 Å². The zero-order valence-corrected chi connectivity index (χ0v) is 43.7. The highest BCUT2D eigenvalue weighted by Gasteiger charge is 2.54. The van der Waals surface area contributed by atoms with Crippen LogP contribution in [-0.4, -0.2) is 156 Å². The second kappa shape index (κ2) is 25.0. The van der Waals surface area contributed by atoms with E-state index in [1.165, 1.54) is 17.2 Å². The van der Waals surface area contributed by atoms with E-state index in [1.54, 1.807) is 20.8 Å². The van der Waals surface area contributed by atoms with Gasteiger partial charge in [0.05, 0.1) is 19.5 Å². The minimum Gasteiger partial charge on any atom is -0.382 e. The number of nitrogen functional groups attached to an aromatic ring is 1. The van der Waals surface area contributed by atoms with Gasteiger partial charge < -0.3 is 47.1 Å². The van der Waals surface area contributed by atoms with Crippen molar-refractivity contribution in [3.05, 3.63) is 57.9 Å². The van der Waals surface area contributed by atoms with E-state index in [0.29, 0.717) is 22.4 Å². The number of hydrogen-bond donors (Lipinski definition) is 8. The molecule has 12 atom stereocenters. The SMILES string of the molecule is CC(C)C(NC(=O)CCCCN1C(=O)C=CC1=O)C(=O)NC(CCCNC(N)=O)C(=O)NCCSP1(=O)OC[C@H]2O[C@@H](n3cnc4c(N)ncnc43)[C@H](C)[C@@H]2OP(=O)(O)OC[C@H]2O[C@@H](n3ccc(=O)[nH]c3=O)[C@H](F)[C@@H]2O1. The van der Waals surface area contributed by atoms with E-state index in [0.717, 1.165) is 29.3 Å². The Labute approximate surface area is 435 Å². The lowest BCUT2D eigenvalue weighted by Crippen LogP contribution is -2.55. The van der Waals surface area contributed by atoms with E-state index in [1.807, 2.05) is 4.98 Å². The summed E-state index contributed by atoms with van der Waals surface area (Å²) in [5, 5.41) is 10.4. The number of amides is 7. The molecule has 4 unspecified atom stereocenters. The summed E-state index contributed by atoms with van der Waals surface area (Å²) in [7, 11) is -5.09. The number of H-pyrrole nitrogens is 1. The Morgan fingerprint density at radius 3 is 2.33 bits per heavy atom. The molecule has 7 amide bonds. The van der Waals surface area contributed by atoms with Gasteiger partial charge in [0.2, 0.25) is 17.7 Å². The van der Waals surface area contributed by atoms with Crippen molar-refractivity contribution in [3.63, 3.8) is 0 Å². The van der Waals surface area contributed by atoms with Gasteiger partial charge in [-0.25, -0.2) is 38.1 Å². The van der Waals surface area contributed by atoms with Gasteiger partial charge in [0, 0.05) is 62.1 Å². The van der Waals surface area contributed by atoms with Crippen LogP contribution in [0.5, 0.6) is 0 Å². The number of imidazole rings is 1. The highest BCUT2D eigenvalue weighted by molar-refractivity contribution is 8.55. The number of aromatic amines is 1. The maximum absolute atomic E-state index is 16.6. The molecule has 7 rings (SSSR count). The number of nitrogens with one attached hydrogen (secondary N) is 5. The smallest absolute Gasteiger partial charge is 0.382 e. The number of ether oxygens (including phenoxy) is 2. The number of anilines is 1. The standard InChI is InChI=1S/C42H58FN13O17P2S/c1-21(2)31(52-26(57)8-4-5-14-54-28(59)9-10-29(54)60)38(62)51-23(7-6-12-47-41(45)63)37(61)46-13-16-76-75(67)69-18-24-33(22(3)39(70-24)56-20-50-32-35(44)48-19-49-36(32)56)72-74(65,66)68-17-25-34(73-75)30(43)40(71-25)55-15-11-27(58)53-42(55)64/h9-11,15,19-25,30-31,33-34,39-40H,4-8,12-14,16-18H2,1-3H3,(H,46,61)(H,51,62)(H,52,57)(H,65,66)(H2,44,48,49)(H3,45,47,63)(H,53,58,64)/t22-,23?,24-,25-,30-,31?,33+,34-,39-,40-,75?/m1/s1. The maximum Gasteiger partial charge on any atom is 0.472 e. The lowest BCUT2D eigenvalue weighted by Gasteiger charge is -2.29. The molecule has 7 heterocycles. The van der Waals surface area contributed by atoms with Crippen LogP contribution in [0.15, 0.2) is 46.7 Å². The lowest BCUT2D eigenvalue weighted by atomic mass is 10.0. The molecule has 0 aromatic carbocycles. The molecule has 0 spiro atoms. The van der Waals surface area contributed by atoms with Crippen LogP contribution in [-0.2, 0) is 60.7 Å². The third-order valence-corrected chi connectivity index (χ3v) is 17.2. The molecular formula is C42H58FN13O17P2S. The van der Waals surface area contributed by atoms with Crippen LogP contribution in [0.3, 0.4) is 0 Å². The molecule has 0 saturated carbocycles. The van der Waals surface area contributed by atoms with Crippen LogP contribution in [0.1, 0.15) is 65.3 Å². The number of halogens is 1. The van der Waals surface area contributed by atoms with Gasteiger partial charge in [-0.3, -0.25) is 65.9 Å². The van der Waals surface area contributed by atoms with Crippen molar-refractivity contribution in [1.82, 2.24) is 55.2 Å². The third-order valence-electron chi connectivity index (χ3n) is 12.5. The van der Waals surface area contributed by atoms with Crippen molar-refractivity contribution in [2.45, 2.75) is 108 Å². The van der Waals surface area contributed by atoms with Gasteiger partial charge in [0.15, 0.2) is 23.9 Å². The van der Waals surface area contributed by atoms with Gasteiger partial charge in [0.25, 0.3) is 17.4 Å². The van der Waals surface area contributed by atoms with Crippen LogP contribution in [0.25, 0.3) is 11.2 Å². The highest BCUT2D eigenvalue weighted by Crippen LogP contribution is 2.64. The molecule has 30 nitrogen and oxygen atoms in total. The number of phosphoric acid groups is 1. The maximum atomic E-state index is 16.6. The largest absolute Gasteiger partial charge is 0.472 e. The number of phosphoric ester groups is 1. The number of hydrogen-bond acceptors (Lipinski definition) is 21. The molecule has 0 aliphatic carbocycles. The van der Waals surface area contributed by atoms with Crippen molar-refractivity contribution < 1.29 is 74.7 Å². The first-order valence-corrected chi connectivity index (χ1v) is 28.5. The average Bonchev–Trinajstić information content (AvgIpc) is 4.10. The summed E-state index contributed by atoms with van der Waals surface area (Å²) in [4.78, 5) is 127. The van der Waals surface area contributed by atoms with Crippen molar-refractivity contribution in [3.8, 4) is 0 Å². The number of nitrogens with two attached hydrogens (primary N) is 2. The molecular weight excluding hydrogens is 1070 g/mol. The number of aromatic nitrogens is 6. The van der Waals surface area contributed by atoms with Gasteiger partial charge in [-0.05, 0) is 43.0 Å². The van der Waals surface area contributed by atoms with Gasteiger partial charge in [-0.15, -0.1) is 0 Å². The molecule has 76 heavy (non-hydrogen) atoms. The number of alkyl halides is 1. The molecule has 0 bridgehead atoms. The molecule has 416 valence electrons. The van der Waals surface area contributed by atoms with Gasteiger partial charge in [0.1, 0.15) is 54.6 Å². The van der Waals surface area contributed by atoms with Crippen molar-refractivity contribution >= 4 is 78.6 Å². The summed E-state index contributed by atoms with van der Waals surface area (Å²) in [5.41, 5.74) is 9.77. The van der Waals surface area contributed by atoms with Crippen LogP contribution in [0.4, 0.5) is 15.0 Å². The molecule has 0 radical (unpaired) electrons. The second-order valence-electron chi connectivity index (χ2n) is 18.2. The predicted molar refractivity (Wildman–Crippen MR) is 263 cm³/mol. The number of imide groups is 1. The molecule has 3 aromatic heterocycles. The number of fused-ring (bicyclic) bond motifs is 3. The van der Waals surface area contributed by atoms with E-state index >= 15 is 4.39 Å². The molecule has 3 fully saturated rings. The Balaban J connectivity index is 1.05. The minimum atomic E-state index is -5.09. The minimum absolute atomic E-state index is 0.0236. The number of nitrogens with zero attached hydrogens (tertiary/aromatic N) is 6. The monoisotopic (exact) mass is 1130 g/mol. The fraction of sp³-hybridized carbons (Fsp3) is 0.595. The van der Waals surface area contributed by atoms with Gasteiger partial charge in [-0.1, -0.05) is 20.8 Å². The van der Waals surface area contributed by atoms with Crippen LogP contribution in [0, 0.1) is 11.8 Å². The topological polar surface area (TPSA) is 414 Å². The van der Waals surface area contributed by atoms with Gasteiger partial charge >= 0.3 is 26.3 Å². The third kappa shape index (κ3) is 14.1. The summed E-state index contributed by atoms with van der Waals surface area (Å²) >= 11 is 0.499. The van der Waals surface area contributed by atoms with E-state index < -0.39 is 142 Å².